The Kier molecular flexibility index (Phi) is 3.89. The molecule has 0 fully saturated rings. The second kappa shape index (κ2) is 4.75. The fraction of sp³-hybridized carbons (Fsp3) is 0.500. The smallest absolute Gasteiger partial charge is 0.131 e. The molecule has 1 unspecified atom stereocenters. The summed E-state index contributed by atoms with van der Waals surface area (Å²) in [5, 5.41) is 0. The van der Waals surface area contributed by atoms with Crippen molar-refractivity contribution in [2.75, 3.05) is 18.5 Å². The Balaban J connectivity index is 2.95. The Hall–Kier alpha value is -0.610. The Bertz CT molecular complexity index is 314. The molecule has 0 spiro atoms. The third kappa shape index (κ3) is 2.45. The molecule has 1 aromatic heterocycles. The lowest BCUT2D eigenvalue weighted by Crippen LogP contribution is -2.36. The zero-order chi connectivity index (χ0) is 10.7. The van der Waals surface area contributed by atoms with Gasteiger partial charge in [0.05, 0.1) is 0 Å². The van der Waals surface area contributed by atoms with Crippen molar-refractivity contribution >= 4 is 21.7 Å². The highest BCUT2D eigenvalue weighted by Crippen LogP contribution is 2.20. The summed E-state index contributed by atoms with van der Waals surface area (Å²) >= 11 is 3.39. The second-order valence-corrected chi connectivity index (χ2v) is 4.41. The van der Waals surface area contributed by atoms with Gasteiger partial charge in [0.25, 0.3) is 0 Å². The Morgan fingerprint density at radius 3 is 2.79 bits per heavy atom. The lowest BCUT2D eigenvalue weighted by molar-refractivity contribution is 0.685. The van der Waals surface area contributed by atoms with Gasteiger partial charge in [0.2, 0.25) is 0 Å². The molecule has 0 saturated carbocycles. The SMILES string of the molecule is Cc1cc(Br)cnc1N(C)C(C)CN. The zero-order valence-corrected chi connectivity index (χ0v) is 10.4. The Labute approximate surface area is 93.4 Å². The number of hydrogen-bond acceptors (Lipinski definition) is 3. The summed E-state index contributed by atoms with van der Waals surface area (Å²) in [6, 6.07) is 2.37. The van der Waals surface area contributed by atoms with E-state index in [0.29, 0.717) is 12.6 Å². The first-order chi connectivity index (χ1) is 6.56. The molecular formula is C10H16BrN3. The molecular weight excluding hydrogens is 242 g/mol. The van der Waals surface area contributed by atoms with Crippen LogP contribution in [0.3, 0.4) is 0 Å². The van der Waals surface area contributed by atoms with E-state index in [2.05, 4.69) is 38.8 Å². The minimum absolute atomic E-state index is 0.308. The van der Waals surface area contributed by atoms with E-state index in [1.165, 1.54) is 0 Å². The second-order valence-electron chi connectivity index (χ2n) is 3.49. The van der Waals surface area contributed by atoms with Crippen LogP contribution in [0, 0.1) is 6.92 Å². The molecule has 1 heterocycles. The number of pyridine rings is 1. The van der Waals surface area contributed by atoms with E-state index in [0.717, 1.165) is 15.9 Å². The van der Waals surface area contributed by atoms with Crippen LogP contribution in [-0.4, -0.2) is 24.6 Å². The summed E-state index contributed by atoms with van der Waals surface area (Å²) < 4.78 is 1.01. The van der Waals surface area contributed by atoms with Crippen LogP contribution in [0.15, 0.2) is 16.7 Å². The highest BCUT2D eigenvalue weighted by molar-refractivity contribution is 9.10. The maximum Gasteiger partial charge on any atom is 0.131 e. The normalized spacial score (nSPS) is 12.6. The van der Waals surface area contributed by atoms with Gasteiger partial charge in [-0.3, -0.25) is 0 Å². The number of aryl methyl sites for hydroxylation is 1. The first kappa shape index (κ1) is 11.5. The molecule has 0 aromatic carbocycles. The fourth-order valence-electron chi connectivity index (χ4n) is 1.27. The Morgan fingerprint density at radius 1 is 1.64 bits per heavy atom. The van der Waals surface area contributed by atoms with E-state index in [1.54, 1.807) is 0 Å². The number of nitrogens with zero attached hydrogens (tertiary/aromatic N) is 2. The van der Waals surface area contributed by atoms with Crippen molar-refractivity contribution in [3.05, 3.63) is 22.3 Å². The maximum atomic E-state index is 5.61. The van der Waals surface area contributed by atoms with Crippen molar-refractivity contribution < 1.29 is 0 Å². The number of anilines is 1. The van der Waals surface area contributed by atoms with Crippen LogP contribution in [0.25, 0.3) is 0 Å². The summed E-state index contributed by atoms with van der Waals surface area (Å²) in [5.74, 6) is 0.992. The van der Waals surface area contributed by atoms with Gasteiger partial charge < -0.3 is 10.6 Å². The summed E-state index contributed by atoms with van der Waals surface area (Å²) in [7, 11) is 2.01. The first-order valence-electron chi connectivity index (χ1n) is 4.61. The zero-order valence-electron chi connectivity index (χ0n) is 8.79. The monoisotopic (exact) mass is 257 g/mol. The third-order valence-electron chi connectivity index (χ3n) is 2.35. The first-order valence-corrected chi connectivity index (χ1v) is 5.40. The summed E-state index contributed by atoms with van der Waals surface area (Å²) in [5.41, 5.74) is 6.77. The van der Waals surface area contributed by atoms with Gasteiger partial charge in [-0.05, 0) is 41.4 Å². The summed E-state index contributed by atoms with van der Waals surface area (Å²) in [6.07, 6.45) is 1.81. The number of nitrogens with two attached hydrogens (primary N) is 1. The van der Waals surface area contributed by atoms with E-state index < -0.39 is 0 Å². The van der Waals surface area contributed by atoms with Gasteiger partial charge in [0.15, 0.2) is 0 Å². The van der Waals surface area contributed by atoms with Crippen LogP contribution in [0.2, 0.25) is 0 Å². The van der Waals surface area contributed by atoms with Crippen LogP contribution in [0.4, 0.5) is 5.82 Å². The largest absolute Gasteiger partial charge is 0.355 e. The molecule has 3 nitrogen and oxygen atoms in total. The fourth-order valence-corrected chi connectivity index (χ4v) is 1.72. The van der Waals surface area contributed by atoms with Crippen molar-refractivity contribution in [2.24, 2.45) is 5.73 Å². The molecule has 0 bridgehead atoms. The average molecular weight is 258 g/mol. The number of aromatic nitrogens is 1. The van der Waals surface area contributed by atoms with Crippen LogP contribution >= 0.6 is 15.9 Å². The standard InChI is InChI=1S/C10H16BrN3/c1-7-4-9(11)6-13-10(7)14(3)8(2)5-12/h4,6,8H,5,12H2,1-3H3. The Morgan fingerprint density at radius 2 is 2.29 bits per heavy atom. The summed E-state index contributed by atoms with van der Waals surface area (Å²) in [6.45, 7) is 4.77. The maximum absolute atomic E-state index is 5.61. The van der Waals surface area contributed by atoms with E-state index in [9.17, 15) is 0 Å². The average Bonchev–Trinajstić information content (AvgIpc) is 2.15. The number of rotatable bonds is 3. The van der Waals surface area contributed by atoms with Crippen molar-refractivity contribution in [3.8, 4) is 0 Å². The van der Waals surface area contributed by atoms with Gasteiger partial charge in [-0.2, -0.15) is 0 Å². The molecule has 78 valence electrons. The number of halogens is 1. The summed E-state index contributed by atoms with van der Waals surface area (Å²) in [4.78, 5) is 6.47. The van der Waals surface area contributed by atoms with Crippen LogP contribution in [0.1, 0.15) is 12.5 Å². The van der Waals surface area contributed by atoms with Crippen LogP contribution in [0.5, 0.6) is 0 Å². The number of hydrogen-bond donors (Lipinski definition) is 1. The van der Waals surface area contributed by atoms with E-state index >= 15 is 0 Å². The van der Waals surface area contributed by atoms with Crippen LogP contribution < -0.4 is 10.6 Å². The molecule has 0 aliphatic rings. The number of likely N-dealkylation sites (N-methyl/N-ethyl adjacent to an activating group) is 1. The minimum Gasteiger partial charge on any atom is -0.355 e. The molecule has 4 heteroatoms. The minimum atomic E-state index is 0.308. The highest BCUT2D eigenvalue weighted by atomic mass is 79.9. The van der Waals surface area contributed by atoms with Crippen molar-refractivity contribution in [1.29, 1.82) is 0 Å². The lowest BCUT2D eigenvalue weighted by atomic mass is 10.2. The topological polar surface area (TPSA) is 42.2 Å². The van der Waals surface area contributed by atoms with E-state index in [1.807, 2.05) is 20.2 Å². The molecule has 0 aliphatic carbocycles. The van der Waals surface area contributed by atoms with Crippen molar-refractivity contribution in [1.82, 2.24) is 4.98 Å². The van der Waals surface area contributed by atoms with Gasteiger partial charge in [0, 0.05) is 30.3 Å². The van der Waals surface area contributed by atoms with Gasteiger partial charge >= 0.3 is 0 Å². The van der Waals surface area contributed by atoms with Gasteiger partial charge in [-0.25, -0.2) is 4.98 Å². The van der Waals surface area contributed by atoms with Crippen molar-refractivity contribution in [3.63, 3.8) is 0 Å². The predicted octanol–water partition coefficient (Wildman–Crippen LogP) is 1.94. The predicted molar refractivity (Wildman–Crippen MR) is 63.6 cm³/mol. The third-order valence-corrected chi connectivity index (χ3v) is 2.79. The molecule has 0 radical (unpaired) electrons. The van der Waals surface area contributed by atoms with Gasteiger partial charge in [-0.1, -0.05) is 0 Å². The molecule has 0 saturated heterocycles. The molecule has 14 heavy (non-hydrogen) atoms. The molecule has 0 amide bonds. The van der Waals surface area contributed by atoms with Gasteiger partial charge in [0.1, 0.15) is 5.82 Å². The quantitative estimate of drug-likeness (QED) is 0.900. The molecule has 1 rings (SSSR count). The van der Waals surface area contributed by atoms with Crippen molar-refractivity contribution in [2.45, 2.75) is 19.9 Å². The molecule has 1 aromatic rings. The lowest BCUT2D eigenvalue weighted by Gasteiger charge is -2.26. The van der Waals surface area contributed by atoms with Crippen LogP contribution in [-0.2, 0) is 0 Å². The van der Waals surface area contributed by atoms with E-state index in [4.69, 9.17) is 5.73 Å². The molecule has 0 aliphatic heterocycles. The highest BCUT2D eigenvalue weighted by Gasteiger charge is 2.11. The molecule has 2 N–H and O–H groups in total. The van der Waals surface area contributed by atoms with Gasteiger partial charge in [-0.15, -0.1) is 0 Å². The molecule has 1 atom stereocenters. The van der Waals surface area contributed by atoms with E-state index in [-0.39, 0.29) is 0 Å².